The van der Waals surface area contributed by atoms with Crippen molar-refractivity contribution >= 4 is 49.7 Å². The number of ether oxygens (including phenoxy) is 2. The van der Waals surface area contributed by atoms with Crippen molar-refractivity contribution < 1.29 is 18.8 Å². The second kappa shape index (κ2) is 11.3. The Balaban J connectivity index is 1.41. The topological polar surface area (TPSA) is 135 Å². The van der Waals surface area contributed by atoms with Crippen LogP contribution in [0.4, 0.5) is 5.69 Å². The first-order valence-corrected chi connectivity index (χ1v) is 13.5. The van der Waals surface area contributed by atoms with E-state index in [-0.39, 0.29) is 23.0 Å². The number of nitro groups is 1. The fourth-order valence-corrected chi connectivity index (χ4v) is 4.68. The lowest BCUT2D eigenvalue weighted by atomic mass is 10.2. The minimum absolute atomic E-state index is 0.152. The molecule has 0 saturated heterocycles. The summed E-state index contributed by atoms with van der Waals surface area (Å²) in [7, 11) is 0. The number of halogens is 1. The van der Waals surface area contributed by atoms with E-state index in [1.807, 2.05) is 43.3 Å². The molecular weight excluding hydrogens is 606 g/mol. The lowest BCUT2D eigenvalue weighted by Crippen LogP contribution is -2.20. The van der Waals surface area contributed by atoms with E-state index in [0.717, 1.165) is 11.6 Å². The zero-order valence-electron chi connectivity index (χ0n) is 21.9. The molecule has 6 rings (SSSR count). The highest BCUT2D eigenvalue weighted by atomic mass is 79.9. The van der Waals surface area contributed by atoms with Crippen molar-refractivity contribution in [1.82, 2.24) is 14.6 Å². The minimum Gasteiger partial charge on any atom is -0.490 e. The molecule has 3 aromatic heterocycles. The number of aromatic nitrogens is 3. The molecular formula is C30H20BrN5O6. The number of hydrogen-bond donors (Lipinski definition) is 0. The van der Waals surface area contributed by atoms with Crippen molar-refractivity contribution in [2.75, 3.05) is 6.61 Å². The van der Waals surface area contributed by atoms with E-state index >= 15 is 0 Å². The number of nitrogens with zero attached hydrogens (tertiary/aromatic N) is 5. The van der Waals surface area contributed by atoms with Crippen molar-refractivity contribution in [3.8, 4) is 29.0 Å². The van der Waals surface area contributed by atoms with Crippen LogP contribution < -0.4 is 15.0 Å². The van der Waals surface area contributed by atoms with Gasteiger partial charge in [-0.25, -0.2) is 9.97 Å². The smallest absolute Gasteiger partial charge is 0.287 e. The largest absolute Gasteiger partial charge is 0.490 e. The van der Waals surface area contributed by atoms with Crippen LogP contribution in [0.15, 0.2) is 104 Å². The van der Waals surface area contributed by atoms with Gasteiger partial charge in [0, 0.05) is 27.6 Å². The fourth-order valence-electron chi connectivity index (χ4n) is 4.25. The Kier molecular flexibility index (Phi) is 7.19. The Bertz CT molecular complexity index is 2020. The minimum atomic E-state index is -0.539. The number of fused-ring (bicyclic) bond motifs is 2. The zero-order chi connectivity index (χ0) is 29.2. The molecule has 0 aliphatic heterocycles. The molecule has 3 heterocycles. The summed E-state index contributed by atoms with van der Waals surface area (Å²) in [6, 6.07) is 22.4. The molecule has 0 spiro atoms. The zero-order valence-corrected chi connectivity index (χ0v) is 23.5. The second-order valence-electron chi connectivity index (χ2n) is 8.93. The van der Waals surface area contributed by atoms with Crippen molar-refractivity contribution in [3.05, 3.63) is 116 Å². The monoisotopic (exact) mass is 625 g/mol. The van der Waals surface area contributed by atoms with E-state index in [1.165, 1.54) is 23.0 Å². The van der Waals surface area contributed by atoms with Crippen LogP contribution >= 0.6 is 15.9 Å². The first kappa shape index (κ1) is 26.8. The molecule has 0 saturated carbocycles. The molecule has 208 valence electrons. The van der Waals surface area contributed by atoms with Crippen LogP contribution in [0, 0.1) is 10.1 Å². The van der Waals surface area contributed by atoms with E-state index in [0.29, 0.717) is 50.4 Å². The first-order chi connectivity index (χ1) is 20.4. The van der Waals surface area contributed by atoms with Gasteiger partial charge in [0.05, 0.1) is 28.6 Å². The number of rotatable bonds is 8. The lowest BCUT2D eigenvalue weighted by Gasteiger charge is -2.13. The predicted octanol–water partition coefficient (Wildman–Crippen LogP) is 6.95. The SMILES string of the molecule is CCOc1cc(C=Nn2c(-c3cc4ccccc4o3)nc3ccccc3c2=O)c(Br)cc1Oc1ccc([N+](=O)[O-])cn1. The first-order valence-electron chi connectivity index (χ1n) is 12.7. The number of furan rings is 1. The maximum absolute atomic E-state index is 13.6. The van der Waals surface area contributed by atoms with Gasteiger partial charge in [0.2, 0.25) is 11.7 Å². The van der Waals surface area contributed by atoms with Gasteiger partial charge in [-0.1, -0.05) is 30.3 Å². The van der Waals surface area contributed by atoms with Crippen LogP contribution in [0.2, 0.25) is 0 Å². The average molecular weight is 626 g/mol. The van der Waals surface area contributed by atoms with Crippen molar-refractivity contribution in [2.24, 2.45) is 5.10 Å². The molecule has 0 fully saturated rings. The molecule has 0 N–H and O–H groups in total. The van der Waals surface area contributed by atoms with Crippen molar-refractivity contribution in [2.45, 2.75) is 6.92 Å². The molecule has 0 atom stereocenters. The third-order valence-electron chi connectivity index (χ3n) is 6.22. The molecule has 0 aliphatic carbocycles. The number of hydrogen-bond acceptors (Lipinski definition) is 9. The Labute approximate surface area is 245 Å². The maximum Gasteiger partial charge on any atom is 0.287 e. The fraction of sp³-hybridized carbons (Fsp3) is 0.0667. The highest BCUT2D eigenvalue weighted by molar-refractivity contribution is 9.10. The van der Waals surface area contributed by atoms with E-state index in [2.05, 4.69) is 26.0 Å². The molecule has 42 heavy (non-hydrogen) atoms. The van der Waals surface area contributed by atoms with Gasteiger partial charge in [-0.2, -0.15) is 9.78 Å². The standard InChI is InChI=1S/C30H20BrN5O6/c1-2-40-25-14-19(22(31)15-26(25)42-28-12-11-20(17-32-28)36(38)39)16-33-35-29(27-13-18-7-3-6-10-24(18)41-27)34-23-9-5-4-8-21(23)30(35)37/h3-17H,2H2,1H3. The molecule has 12 heteroatoms. The van der Waals surface area contributed by atoms with Gasteiger partial charge in [0.15, 0.2) is 17.3 Å². The van der Waals surface area contributed by atoms with E-state index in [1.54, 1.807) is 30.3 Å². The Morgan fingerprint density at radius 1 is 1.07 bits per heavy atom. The third kappa shape index (κ3) is 5.22. The highest BCUT2D eigenvalue weighted by Gasteiger charge is 2.17. The quantitative estimate of drug-likeness (QED) is 0.101. The van der Waals surface area contributed by atoms with Crippen LogP contribution in [0.3, 0.4) is 0 Å². The van der Waals surface area contributed by atoms with E-state index < -0.39 is 4.92 Å². The van der Waals surface area contributed by atoms with Gasteiger partial charge in [0.25, 0.3) is 11.2 Å². The summed E-state index contributed by atoms with van der Waals surface area (Å²) in [5, 5.41) is 16.7. The molecule has 0 unspecified atom stereocenters. The second-order valence-corrected chi connectivity index (χ2v) is 9.78. The molecule has 11 nitrogen and oxygen atoms in total. The highest BCUT2D eigenvalue weighted by Crippen LogP contribution is 2.36. The van der Waals surface area contributed by atoms with Gasteiger partial charge in [-0.3, -0.25) is 14.9 Å². The van der Waals surface area contributed by atoms with Gasteiger partial charge in [-0.05, 0) is 59.3 Å². The van der Waals surface area contributed by atoms with E-state index in [4.69, 9.17) is 18.9 Å². The van der Waals surface area contributed by atoms with Crippen LogP contribution in [0.1, 0.15) is 12.5 Å². The van der Waals surface area contributed by atoms with Crippen LogP contribution in [0.25, 0.3) is 33.5 Å². The summed E-state index contributed by atoms with van der Waals surface area (Å²) in [6.45, 7) is 2.16. The summed E-state index contributed by atoms with van der Waals surface area (Å²) < 4.78 is 19.5. The molecule has 3 aromatic carbocycles. The summed E-state index contributed by atoms with van der Waals surface area (Å²) in [6.07, 6.45) is 2.62. The van der Waals surface area contributed by atoms with Crippen molar-refractivity contribution in [3.63, 3.8) is 0 Å². The Morgan fingerprint density at radius 3 is 2.64 bits per heavy atom. The molecule has 0 aliphatic rings. The lowest BCUT2D eigenvalue weighted by molar-refractivity contribution is -0.385. The Hall–Kier alpha value is -5.36. The Morgan fingerprint density at radius 2 is 1.88 bits per heavy atom. The summed E-state index contributed by atoms with van der Waals surface area (Å²) in [4.78, 5) is 32.7. The number of para-hydroxylation sites is 2. The normalized spacial score (nSPS) is 11.4. The summed E-state index contributed by atoms with van der Waals surface area (Å²) in [5.41, 5.74) is 1.24. The summed E-state index contributed by atoms with van der Waals surface area (Å²) in [5.74, 6) is 1.50. The van der Waals surface area contributed by atoms with Gasteiger partial charge >= 0.3 is 0 Å². The van der Waals surface area contributed by atoms with Gasteiger partial charge in [-0.15, -0.1) is 0 Å². The molecule has 0 bridgehead atoms. The summed E-state index contributed by atoms with van der Waals surface area (Å²) >= 11 is 3.54. The van der Waals surface area contributed by atoms with Crippen LogP contribution in [-0.4, -0.2) is 32.4 Å². The average Bonchev–Trinajstić information content (AvgIpc) is 3.43. The predicted molar refractivity (Wildman–Crippen MR) is 160 cm³/mol. The molecule has 0 radical (unpaired) electrons. The third-order valence-corrected chi connectivity index (χ3v) is 6.91. The molecule has 0 amide bonds. The van der Waals surface area contributed by atoms with Gasteiger partial charge < -0.3 is 13.9 Å². The molecule has 6 aromatic rings. The number of pyridine rings is 1. The van der Waals surface area contributed by atoms with Crippen LogP contribution in [-0.2, 0) is 0 Å². The van der Waals surface area contributed by atoms with Gasteiger partial charge in [0.1, 0.15) is 11.8 Å². The van der Waals surface area contributed by atoms with Crippen LogP contribution in [0.5, 0.6) is 17.4 Å². The maximum atomic E-state index is 13.6. The van der Waals surface area contributed by atoms with E-state index in [9.17, 15) is 14.9 Å². The van der Waals surface area contributed by atoms with Crippen molar-refractivity contribution in [1.29, 1.82) is 0 Å². The number of benzene rings is 3.